The number of rotatable bonds is 3. The Labute approximate surface area is 133 Å². The van der Waals surface area contributed by atoms with Crippen molar-refractivity contribution in [1.82, 2.24) is 5.32 Å². The number of amides is 1. The second-order valence-electron chi connectivity index (χ2n) is 5.80. The number of aryl methyl sites for hydroxylation is 1. The molecule has 0 unspecified atom stereocenters. The molecule has 1 aliphatic carbocycles. The predicted octanol–water partition coefficient (Wildman–Crippen LogP) is 2.13. The van der Waals surface area contributed by atoms with Crippen molar-refractivity contribution in [3.63, 3.8) is 0 Å². The van der Waals surface area contributed by atoms with Crippen LogP contribution in [-0.4, -0.2) is 27.6 Å². The van der Waals surface area contributed by atoms with Crippen LogP contribution in [0, 0.1) is 0 Å². The van der Waals surface area contributed by atoms with E-state index in [1.54, 1.807) is 36.4 Å². The van der Waals surface area contributed by atoms with Crippen molar-refractivity contribution in [3.8, 4) is 5.75 Å². The Morgan fingerprint density at radius 2 is 1.78 bits per heavy atom. The summed E-state index contributed by atoms with van der Waals surface area (Å²) in [5.74, 6) is -1.44. The van der Waals surface area contributed by atoms with Gasteiger partial charge in [-0.2, -0.15) is 0 Å². The number of hydrogen-bond acceptors (Lipinski definition) is 3. The minimum atomic E-state index is -1.40. The second kappa shape index (κ2) is 5.76. The lowest BCUT2D eigenvalue weighted by Crippen LogP contribution is -2.57. The van der Waals surface area contributed by atoms with Crippen molar-refractivity contribution < 1.29 is 19.8 Å². The number of phenols is 1. The molecule has 0 heterocycles. The monoisotopic (exact) mass is 311 g/mol. The molecule has 5 nitrogen and oxygen atoms in total. The van der Waals surface area contributed by atoms with Gasteiger partial charge in [0.05, 0.1) is 0 Å². The fraction of sp³-hybridized carbons (Fsp3) is 0.222. The summed E-state index contributed by atoms with van der Waals surface area (Å²) in [6.45, 7) is 0. The minimum Gasteiger partial charge on any atom is -0.508 e. The van der Waals surface area contributed by atoms with Crippen molar-refractivity contribution in [2.24, 2.45) is 0 Å². The molecule has 0 saturated carbocycles. The normalized spacial score (nSPS) is 19.7. The van der Waals surface area contributed by atoms with Gasteiger partial charge in [0.1, 0.15) is 11.3 Å². The standard InChI is InChI=1S/C18H17NO4/c20-15-8-4-7-12-9-10-18(17(22)23,11-14(12)15)19-16(21)13-5-2-1-3-6-13/h1-8,20H,9-11H2,(H,19,21)(H,22,23)/t18-/m0/s1. The summed E-state index contributed by atoms with van der Waals surface area (Å²) < 4.78 is 0. The molecule has 0 spiro atoms. The first-order valence-electron chi connectivity index (χ1n) is 7.42. The SMILES string of the molecule is O=C(N[C@@]1(C(=O)O)CCc2cccc(O)c2C1)c1ccccc1. The Balaban J connectivity index is 1.92. The smallest absolute Gasteiger partial charge is 0.329 e. The third-order valence-electron chi connectivity index (χ3n) is 4.35. The largest absolute Gasteiger partial charge is 0.508 e. The number of fused-ring (bicyclic) bond motifs is 1. The first kappa shape index (κ1) is 15.1. The number of aromatic hydroxyl groups is 1. The lowest BCUT2D eigenvalue weighted by molar-refractivity contribution is -0.145. The topological polar surface area (TPSA) is 86.6 Å². The van der Waals surface area contributed by atoms with Gasteiger partial charge < -0.3 is 15.5 Å². The molecule has 0 saturated heterocycles. The summed E-state index contributed by atoms with van der Waals surface area (Å²) in [5, 5.41) is 22.4. The van der Waals surface area contributed by atoms with Gasteiger partial charge in [0.15, 0.2) is 0 Å². The van der Waals surface area contributed by atoms with Crippen molar-refractivity contribution in [1.29, 1.82) is 0 Å². The van der Waals surface area contributed by atoms with Gasteiger partial charge in [-0.3, -0.25) is 4.79 Å². The van der Waals surface area contributed by atoms with E-state index in [1.165, 1.54) is 6.07 Å². The Morgan fingerprint density at radius 1 is 1.04 bits per heavy atom. The molecule has 0 bridgehead atoms. The summed E-state index contributed by atoms with van der Waals surface area (Å²) in [6, 6.07) is 13.7. The molecule has 2 aromatic rings. The average Bonchev–Trinajstić information content (AvgIpc) is 2.56. The molecule has 1 amide bonds. The fourth-order valence-electron chi connectivity index (χ4n) is 3.02. The van der Waals surface area contributed by atoms with Gasteiger partial charge in [-0.15, -0.1) is 0 Å². The molecule has 0 fully saturated rings. The van der Waals surface area contributed by atoms with Crippen molar-refractivity contribution in [2.75, 3.05) is 0 Å². The van der Waals surface area contributed by atoms with Crippen LogP contribution < -0.4 is 5.32 Å². The highest BCUT2D eigenvalue weighted by molar-refractivity contribution is 5.98. The number of carbonyl (C=O) groups is 2. The molecular weight excluding hydrogens is 294 g/mol. The van der Waals surface area contributed by atoms with Gasteiger partial charge >= 0.3 is 5.97 Å². The van der Waals surface area contributed by atoms with Gasteiger partial charge in [0.2, 0.25) is 0 Å². The van der Waals surface area contributed by atoms with E-state index in [0.717, 1.165) is 5.56 Å². The highest BCUT2D eigenvalue weighted by atomic mass is 16.4. The third-order valence-corrected chi connectivity index (χ3v) is 4.35. The highest BCUT2D eigenvalue weighted by Crippen LogP contribution is 2.34. The van der Waals surface area contributed by atoms with Crippen LogP contribution in [0.5, 0.6) is 5.75 Å². The van der Waals surface area contributed by atoms with E-state index >= 15 is 0 Å². The van der Waals surface area contributed by atoms with E-state index in [4.69, 9.17) is 0 Å². The van der Waals surface area contributed by atoms with Crippen LogP contribution in [0.25, 0.3) is 0 Å². The molecular formula is C18H17NO4. The summed E-state index contributed by atoms with van der Waals surface area (Å²) >= 11 is 0. The molecule has 23 heavy (non-hydrogen) atoms. The number of hydrogen-bond donors (Lipinski definition) is 3. The quantitative estimate of drug-likeness (QED) is 0.810. The van der Waals surface area contributed by atoms with Crippen molar-refractivity contribution in [2.45, 2.75) is 24.8 Å². The van der Waals surface area contributed by atoms with Gasteiger partial charge in [-0.05, 0) is 42.2 Å². The van der Waals surface area contributed by atoms with Crippen LogP contribution in [0.3, 0.4) is 0 Å². The molecule has 0 radical (unpaired) electrons. The first-order valence-corrected chi connectivity index (χ1v) is 7.42. The van der Waals surface area contributed by atoms with E-state index in [2.05, 4.69) is 5.32 Å². The molecule has 0 aromatic heterocycles. The third kappa shape index (κ3) is 2.77. The molecule has 118 valence electrons. The van der Waals surface area contributed by atoms with E-state index in [0.29, 0.717) is 17.5 Å². The average molecular weight is 311 g/mol. The number of benzene rings is 2. The van der Waals surface area contributed by atoms with Crippen LogP contribution in [0.15, 0.2) is 48.5 Å². The Morgan fingerprint density at radius 3 is 2.48 bits per heavy atom. The highest BCUT2D eigenvalue weighted by Gasteiger charge is 2.43. The molecule has 3 N–H and O–H groups in total. The summed E-state index contributed by atoms with van der Waals surface area (Å²) in [7, 11) is 0. The summed E-state index contributed by atoms with van der Waals surface area (Å²) in [5.41, 5.74) is 0.528. The summed E-state index contributed by atoms with van der Waals surface area (Å²) in [6.07, 6.45) is 0.853. The van der Waals surface area contributed by atoms with E-state index in [9.17, 15) is 19.8 Å². The number of aliphatic carboxylic acids is 1. The van der Waals surface area contributed by atoms with Crippen LogP contribution in [-0.2, 0) is 17.6 Å². The molecule has 1 aliphatic rings. The second-order valence-corrected chi connectivity index (χ2v) is 5.80. The maximum atomic E-state index is 12.4. The van der Waals surface area contributed by atoms with Gasteiger partial charge in [0, 0.05) is 12.0 Å². The lowest BCUT2D eigenvalue weighted by atomic mass is 9.77. The molecule has 2 aromatic carbocycles. The van der Waals surface area contributed by atoms with Crippen LogP contribution in [0.2, 0.25) is 0 Å². The predicted molar refractivity (Wildman–Crippen MR) is 84.4 cm³/mol. The molecule has 0 aliphatic heterocycles. The number of phenolic OH excluding ortho intramolecular Hbond substituents is 1. The Hall–Kier alpha value is -2.82. The number of nitrogens with one attached hydrogen (secondary N) is 1. The lowest BCUT2D eigenvalue weighted by Gasteiger charge is -2.35. The fourth-order valence-corrected chi connectivity index (χ4v) is 3.02. The molecule has 1 atom stereocenters. The zero-order chi connectivity index (χ0) is 16.4. The van der Waals surface area contributed by atoms with Crippen molar-refractivity contribution in [3.05, 3.63) is 65.2 Å². The van der Waals surface area contributed by atoms with Crippen molar-refractivity contribution >= 4 is 11.9 Å². The zero-order valence-corrected chi connectivity index (χ0v) is 12.5. The number of carboxylic acid groups (broad SMARTS) is 1. The van der Waals surface area contributed by atoms with Crippen LogP contribution in [0.1, 0.15) is 27.9 Å². The van der Waals surface area contributed by atoms with Gasteiger partial charge in [-0.25, -0.2) is 4.79 Å². The minimum absolute atomic E-state index is 0.0711. The maximum absolute atomic E-state index is 12.4. The zero-order valence-electron chi connectivity index (χ0n) is 12.5. The summed E-state index contributed by atoms with van der Waals surface area (Å²) in [4.78, 5) is 24.3. The first-order chi connectivity index (χ1) is 11.0. The number of carboxylic acids is 1. The van der Waals surface area contributed by atoms with E-state index in [-0.39, 0.29) is 18.6 Å². The van der Waals surface area contributed by atoms with Crippen LogP contribution >= 0.6 is 0 Å². The van der Waals surface area contributed by atoms with E-state index < -0.39 is 17.4 Å². The van der Waals surface area contributed by atoms with E-state index in [1.807, 2.05) is 6.07 Å². The molecule has 3 rings (SSSR count). The van der Waals surface area contributed by atoms with Crippen LogP contribution in [0.4, 0.5) is 0 Å². The Bertz CT molecular complexity index is 757. The Kier molecular flexibility index (Phi) is 3.78. The molecule has 5 heteroatoms. The maximum Gasteiger partial charge on any atom is 0.329 e. The number of carbonyl (C=O) groups excluding carboxylic acids is 1. The van der Waals surface area contributed by atoms with Gasteiger partial charge in [0.25, 0.3) is 5.91 Å². The van der Waals surface area contributed by atoms with Gasteiger partial charge in [-0.1, -0.05) is 30.3 Å².